The van der Waals surface area contributed by atoms with Crippen molar-refractivity contribution in [2.24, 2.45) is 0 Å². The maximum atomic E-state index is 11.7. The molecule has 1 aliphatic rings. The number of hydrogen-bond acceptors (Lipinski definition) is 3. The van der Waals surface area contributed by atoms with Crippen LogP contribution in [0.4, 0.5) is 0 Å². The summed E-state index contributed by atoms with van der Waals surface area (Å²) < 4.78 is 1.65. The molecule has 0 saturated heterocycles. The lowest BCUT2D eigenvalue weighted by molar-refractivity contribution is 0.0924. The molecule has 6 heteroatoms. The Morgan fingerprint density at radius 1 is 1.35 bits per heavy atom. The molecule has 3 rings (SSSR count). The van der Waals surface area contributed by atoms with Crippen molar-refractivity contribution < 1.29 is 4.79 Å². The second-order valence-electron chi connectivity index (χ2n) is 3.73. The molecule has 5 nitrogen and oxygen atoms in total. The minimum absolute atomic E-state index is 0.172. The molecule has 0 bridgehead atoms. The Morgan fingerprint density at radius 2 is 2.12 bits per heavy atom. The van der Waals surface area contributed by atoms with Crippen LogP contribution < -0.4 is 5.32 Å². The third-order valence-corrected chi connectivity index (χ3v) is 3.03. The summed E-state index contributed by atoms with van der Waals surface area (Å²) in [7, 11) is 0. The van der Waals surface area contributed by atoms with Gasteiger partial charge < -0.3 is 5.32 Å². The quantitative estimate of drug-likeness (QED) is 0.829. The van der Waals surface area contributed by atoms with E-state index in [9.17, 15) is 4.79 Å². The summed E-state index contributed by atoms with van der Waals surface area (Å²) in [6.07, 6.45) is 3.34. The third kappa shape index (κ3) is 1.59. The number of nitrogens with one attached hydrogen (secondary N) is 1. The topological polar surface area (TPSA) is 59.8 Å². The molecule has 0 unspecified atom stereocenters. The van der Waals surface area contributed by atoms with Crippen molar-refractivity contribution in [3.05, 3.63) is 35.2 Å². The van der Waals surface area contributed by atoms with Crippen molar-refractivity contribution in [2.45, 2.75) is 6.54 Å². The molecule has 0 fully saturated rings. The predicted octanol–water partition coefficient (Wildman–Crippen LogP) is 1.34. The Hall–Kier alpha value is -1.88. The van der Waals surface area contributed by atoms with E-state index in [1.165, 1.54) is 0 Å². The average Bonchev–Trinajstić information content (AvgIpc) is 2.69. The first-order valence-electron chi connectivity index (χ1n) is 5.22. The molecule has 1 aliphatic heterocycles. The molecule has 1 N–H and O–H groups in total. The van der Waals surface area contributed by atoms with Crippen molar-refractivity contribution in [3.63, 3.8) is 0 Å². The van der Waals surface area contributed by atoms with Crippen LogP contribution in [0.25, 0.3) is 11.3 Å². The van der Waals surface area contributed by atoms with E-state index in [-0.39, 0.29) is 5.91 Å². The summed E-state index contributed by atoms with van der Waals surface area (Å²) in [6.45, 7) is 1.23. The molecular formula is C11H9ClN4O. The number of amides is 1. The number of aromatic nitrogens is 3. The molecule has 17 heavy (non-hydrogen) atoms. The zero-order chi connectivity index (χ0) is 11.8. The normalized spacial score (nSPS) is 14.3. The first-order chi connectivity index (χ1) is 8.27. The largest absolute Gasteiger partial charge is 0.349 e. The predicted molar refractivity (Wildman–Crippen MR) is 62.8 cm³/mol. The second-order valence-corrected chi connectivity index (χ2v) is 4.10. The Morgan fingerprint density at radius 3 is 2.82 bits per heavy atom. The van der Waals surface area contributed by atoms with Crippen LogP contribution in [0.2, 0.25) is 5.02 Å². The summed E-state index contributed by atoms with van der Waals surface area (Å²) >= 11 is 6.21. The second kappa shape index (κ2) is 3.85. The number of carbonyl (C=O) groups excluding carboxylic acids is 1. The van der Waals surface area contributed by atoms with E-state index in [1.54, 1.807) is 17.1 Å². The van der Waals surface area contributed by atoms with E-state index in [0.717, 1.165) is 5.56 Å². The molecule has 0 aromatic carbocycles. The lowest BCUT2D eigenvalue weighted by Crippen LogP contribution is -2.35. The van der Waals surface area contributed by atoms with Gasteiger partial charge in [0.15, 0.2) is 0 Å². The van der Waals surface area contributed by atoms with Crippen molar-refractivity contribution in [1.29, 1.82) is 0 Å². The van der Waals surface area contributed by atoms with Gasteiger partial charge in [-0.1, -0.05) is 11.6 Å². The Balaban J connectivity index is 2.17. The van der Waals surface area contributed by atoms with Gasteiger partial charge in [0.05, 0.1) is 11.6 Å². The van der Waals surface area contributed by atoms with Crippen LogP contribution in [-0.4, -0.2) is 27.2 Å². The van der Waals surface area contributed by atoms with Crippen LogP contribution in [0.5, 0.6) is 0 Å². The Bertz CT molecular complexity index is 579. The van der Waals surface area contributed by atoms with Gasteiger partial charge in [0.1, 0.15) is 11.4 Å². The maximum absolute atomic E-state index is 11.7. The summed E-state index contributed by atoms with van der Waals surface area (Å²) in [4.78, 5) is 15.6. The maximum Gasteiger partial charge on any atom is 0.271 e. The highest BCUT2D eigenvalue weighted by Crippen LogP contribution is 2.30. The molecule has 0 spiro atoms. The van der Waals surface area contributed by atoms with Gasteiger partial charge in [-0.25, -0.2) is 0 Å². The lowest BCUT2D eigenvalue weighted by atomic mass is 10.2. The van der Waals surface area contributed by atoms with Crippen molar-refractivity contribution >= 4 is 17.5 Å². The number of hydrogen-bond donors (Lipinski definition) is 1. The van der Waals surface area contributed by atoms with Crippen LogP contribution in [0, 0.1) is 0 Å². The number of pyridine rings is 1. The zero-order valence-electron chi connectivity index (χ0n) is 8.85. The van der Waals surface area contributed by atoms with Gasteiger partial charge in [-0.2, -0.15) is 5.10 Å². The highest BCUT2D eigenvalue weighted by atomic mass is 35.5. The van der Waals surface area contributed by atoms with Crippen LogP contribution in [0.15, 0.2) is 24.5 Å². The van der Waals surface area contributed by atoms with Gasteiger partial charge in [0.25, 0.3) is 5.91 Å². The number of halogens is 1. The molecule has 3 heterocycles. The van der Waals surface area contributed by atoms with Crippen molar-refractivity contribution in [2.75, 3.05) is 6.54 Å². The minimum Gasteiger partial charge on any atom is -0.349 e. The lowest BCUT2D eigenvalue weighted by Gasteiger charge is -2.13. The van der Waals surface area contributed by atoms with Gasteiger partial charge >= 0.3 is 0 Å². The summed E-state index contributed by atoms with van der Waals surface area (Å²) in [6, 6.07) is 3.64. The van der Waals surface area contributed by atoms with Gasteiger partial charge in [-0.3, -0.25) is 14.5 Å². The zero-order valence-corrected chi connectivity index (χ0v) is 9.61. The molecule has 86 valence electrons. The van der Waals surface area contributed by atoms with Crippen LogP contribution >= 0.6 is 11.6 Å². The Labute approximate surface area is 102 Å². The van der Waals surface area contributed by atoms with E-state index in [2.05, 4.69) is 15.4 Å². The SMILES string of the molecule is O=C1NCCn2nc(-c3ccncc3)c(Cl)c21. The molecule has 0 saturated carbocycles. The molecular weight excluding hydrogens is 240 g/mol. The fourth-order valence-corrected chi connectivity index (χ4v) is 2.20. The van der Waals surface area contributed by atoms with Crippen molar-refractivity contribution in [3.8, 4) is 11.3 Å². The number of fused-ring (bicyclic) bond motifs is 1. The number of carbonyl (C=O) groups is 1. The standard InChI is InChI=1S/C11H9ClN4O/c12-8-9(7-1-3-13-4-2-7)15-16-6-5-14-11(17)10(8)16/h1-4H,5-6H2,(H,14,17). The van der Waals surface area contributed by atoms with E-state index in [0.29, 0.717) is 29.5 Å². The van der Waals surface area contributed by atoms with Gasteiger partial charge in [-0.05, 0) is 12.1 Å². The van der Waals surface area contributed by atoms with Gasteiger partial charge in [0, 0.05) is 24.5 Å². The van der Waals surface area contributed by atoms with Crippen LogP contribution in [0.1, 0.15) is 10.5 Å². The first-order valence-corrected chi connectivity index (χ1v) is 5.60. The van der Waals surface area contributed by atoms with E-state index in [4.69, 9.17) is 11.6 Å². The first kappa shape index (κ1) is 10.3. The molecule has 0 aliphatic carbocycles. The van der Waals surface area contributed by atoms with Gasteiger partial charge in [-0.15, -0.1) is 0 Å². The van der Waals surface area contributed by atoms with Gasteiger partial charge in [0.2, 0.25) is 0 Å². The molecule has 0 radical (unpaired) electrons. The van der Waals surface area contributed by atoms with Crippen molar-refractivity contribution in [1.82, 2.24) is 20.1 Å². The number of nitrogens with zero attached hydrogens (tertiary/aromatic N) is 3. The summed E-state index contributed by atoms with van der Waals surface area (Å²) in [5.41, 5.74) is 1.92. The minimum atomic E-state index is -0.172. The highest BCUT2D eigenvalue weighted by Gasteiger charge is 2.25. The van der Waals surface area contributed by atoms with Crippen LogP contribution in [0.3, 0.4) is 0 Å². The third-order valence-electron chi connectivity index (χ3n) is 2.67. The number of rotatable bonds is 1. The smallest absolute Gasteiger partial charge is 0.271 e. The summed E-state index contributed by atoms with van der Waals surface area (Å²) in [5.74, 6) is -0.172. The highest BCUT2D eigenvalue weighted by molar-refractivity contribution is 6.36. The van der Waals surface area contributed by atoms with Crippen LogP contribution in [-0.2, 0) is 6.54 Å². The fraction of sp³-hybridized carbons (Fsp3) is 0.182. The average molecular weight is 249 g/mol. The Kier molecular flexibility index (Phi) is 2.33. The van der Waals surface area contributed by atoms with E-state index < -0.39 is 0 Å². The summed E-state index contributed by atoms with van der Waals surface area (Å²) in [5, 5.41) is 7.51. The monoisotopic (exact) mass is 248 g/mol. The van der Waals surface area contributed by atoms with E-state index >= 15 is 0 Å². The molecule has 0 atom stereocenters. The fourth-order valence-electron chi connectivity index (χ4n) is 1.87. The molecule has 1 amide bonds. The molecule has 2 aromatic heterocycles. The van der Waals surface area contributed by atoms with E-state index in [1.807, 2.05) is 12.1 Å². The molecule has 2 aromatic rings.